The maximum Gasteiger partial charge on any atom is 0.296 e. The van der Waals surface area contributed by atoms with E-state index in [1.165, 1.54) is 18.2 Å². The van der Waals surface area contributed by atoms with Gasteiger partial charge < -0.3 is 24.9 Å². The van der Waals surface area contributed by atoms with Gasteiger partial charge in [-0.05, 0) is 19.1 Å². The van der Waals surface area contributed by atoms with Crippen LogP contribution in [0.5, 0.6) is 5.75 Å². The highest BCUT2D eigenvalue weighted by Gasteiger charge is 2.23. The maximum absolute atomic E-state index is 11.9. The number of nitrogens with one attached hydrogen (secondary N) is 2. The Kier molecular flexibility index (Phi) is 6.46. The number of hydrogen-bond donors (Lipinski definition) is 2. The minimum Gasteiger partial charge on any atom is -0.544 e. The first-order valence-electron chi connectivity index (χ1n) is 6.98. The van der Waals surface area contributed by atoms with Crippen LogP contribution in [-0.2, 0) is 9.59 Å². The molecule has 0 radical (unpaired) electrons. The van der Waals surface area contributed by atoms with E-state index >= 15 is 0 Å². The average Bonchev–Trinajstić information content (AvgIpc) is 2.45. The predicted octanol–water partition coefficient (Wildman–Crippen LogP) is -1.41. The van der Waals surface area contributed by atoms with Gasteiger partial charge in [-0.25, -0.2) is 0 Å². The molecule has 1 amide bonds. The highest BCUT2D eigenvalue weighted by Crippen LogP contribution is 2.29. The third-order valence-electron chi connectivity index (χ3n) is 3.12. The number of anilines is 1. The van der Waals surface area contributed by atoms with Crippen molar-refractivity contribution in [3.05, 3.63) is 28.3 Å². The van der Waals surface area contributed by atoms with Crippen LogP contribution in [0.3, 0.4) is 0 Å². The zero-order valence-corrected chi connectivity index (χ0v) is 13.1. The van der Waals surface area contributed by atoms with E-state index in [0.717, 1.165) is 0 Å². The number of hydrogen-bond acceptors (Lipinski definition) is 6. The Morgan fingerprint density at radius 2 is 2.04 bits per heavy atom. The minimum atomic E-state index is -1.36. The van der Waals surface area contributed by atoms with Crippen molar-refractivity contribution in [2.24, 2.45) is 0 Å². The number of carboxylic acid groups (broad SMARTS) is 1. The lowest BCUT2D eigenvalue weighted by Gasteiger charge is -2.21. The second-order valence-electron chi connectivity index (χ2n) is 5.07. The number of amides is 1. The maximum atomic E-state index is 11.9. The van der Waals surface area contributed by atoms with Crippen molar-refractivity contribution in [1.82, 2.24) is 0 Å². The molecule has 0 bridgehead atoms. The molecule has 0 aliphatic heterocycles. The molecule has 0 spiro atoms. The van der Waals surface area contributed by atoms with Gasteiger partial charge in [0.2, 0.25) is 5.91 Å². The van der Waals surface area contributed by atoms with E-state index < -0.39 is 22.8 Å². The van der Waals surface area contributed by atoms with Crippen LogP contribution in [0, 0.1) is 10.1 Å². The molecule has 0 fully saturated rings. The Balaban J connectivity index is 2.93. The van der Waals surface area contributed by atoms with E-state index in [9.17, 15) is 24.8 Å². The number of ether oxygens (including phenoxy) is 1. The van der Waals surface area contributed by atoms with Gasteiger partial charge in [0.25, 0.3) is 5.69 Å². The molecule has 0 aromatic heterocycles. The highest BCUT2D eigenvalue weighted by atomic mass is 16.6. The fraction of sp³-hybridized carbons (Fsp3) is 0.429. The third-order valence-corrected chi connectivity index (χ3v) is 3.12. The Labute approximate surface area is 133 Å². The number of carbonyl (C=O) groups is 2. The van der Waals surface area contributed by atoms with Crippen LogP contribution in [0.15, 0.2) is 18.2 Å². The predicted molar refractivity (Wildman–Crippen MR) is 79.1 cm³/mol. The Hall–Kier alpha value is -2.68. The zero-order chi connectivity index (χ0) is 17.6. The number of nitro benzene ring substituents is 1. The molecule has 9 heteroatoms. The molecule has 1 atom stereocenters. The third kappa shape index (κ3) is 5.22. The standard InChI is InChI=1S/C14H19N3O6/c1-4-23-9-5-6-10(11(7-9)17(21)22)15-13(18)8-12(14(19)20)16(2)3/h5-7,12H,4,8H2,1-3H3,(H,15,18)(H,19,20)/t12-/m1/s1. The van der Waals surface area contributed by atoms with Crippen molar-refractivity contribution < 1.29 is 29.3 Å². The lowest BCUT2D eigenvalue weighted by Crippen LogP contribution is -3.12. The molecule has 0 heterocycles. The molecule has 0 saturated carbocycles. The molecule has 0 saturated heterocycles. The summed E-state index contributed by atoms with van der Waals surface area (Å²) in [4.78, 5) is 33.9. The number of nitro groups is 1. The molecule has 23 heavy (non-hydrogen) atoms. The molecular formula is C14H19N3O6. The van der Waals surface area contributed by atoms with Crippen molar-refractivity contribution in [3.8, 4) is 5.75 Å². The smallest absolute Gasteiger partial charge is 0.296 e. The Bertz CT molecular complexity index is 602. The SMILES string of the molecule is CCOc1ccc(NC(=O)C[C@H](C(=O)[O-])[NH+](C)C)c([N+](=O)[O-])c1. The Morgan fingerprint density at radius 1 is 1.39 bits per heavy atom. The Morgan fingerprint density at radius 3 is 2.52 bits per heavy atom. The summed E-state index contributed by atoms with van der Waals surface area (Å²) in [6.07, 6.45) is -0.352. The van der Waals surface area contributed by atoms with Crippen molar-refractivity contribution >= 4 is 23.3 Å². The van der Waals surface area contributed by atoms with Gasteiger partial charge in [-0.2, -0.15) is 0 Å². The van der Waals surface area contributed by atoms with Gasteiger partial charge in [-0.15, -0.1) is 0 Å². The highest BCUT2D eigenvalue weighted by molar-refractivity contribution is 5.95. The zero-order valence-electron chi connectivity index (χ0n) is 13.1. The number of quaternary nitrogens is 1. The lowest BCUT2D eigenvalue weighted by molar-refractivity contribution is -0.878. The summed E-state index contributed by atoms with van der Waals surface area (Å²) in [6, 6.07) is 2.99. The normalized spacial score (nSPS) is 11.8. The molecule has 9 nitrogen and oxygen atoms in total. The summed E-state index contributed by atoms with van der Waals surface area (Å²) < 4.78 is 5.18. The van der Waals surface area contributed by atoms with Gasteiger partial charge in [-0.1, -0.05) is 0 Å². The monoisotopic (exact) mass is 325 g/mol. The van der Waals surface area contributed by atoms with Crippen LogP contribution < -0.4 is 20.1 Å². The number of rotatable bonds is 8. The van der Waals surface area contributed by atoms with Gasteiger partial charge in [-0.3, -0.25) is 14.9 Å². The van der Waals surface area contributed by atoms with E-state index in [1.807, 2.05) is 0 Å². The molecule has 1 aromatic carbocycles. The molecule has 0 unspecified atom stereocenters. The minimum absolute atomic E-state index is 0.0192. The molecule has 1 aromatic rings. The van der Waals surface area contributed by atoms with E-state index in [0.29, 0.717) is 17.3 Å². The van der Waals surface area contributed by atoms with Crippen LogP contribution in [0.25, 0.3) is 0 Å². The van der Waals surface area contributed by atoms with Gasteiger partial charge in [0.1, 0.15) is 17.5 Å². The van der Waals surface area contributed by atoms with E-state index in [2.05, 4.69) is 5.32 Å². The van der Waals surface area contributed by atoms with Crippen molar-refractivity contribution in [3.63, 3.8) is 0 Å². The summed E-state index contributed by atoms with van der Waals surface area (Å²) in [7, 11) is 3.15. The summed E-state index contributed by atoms with van der Waals surface area (Å²) in [6.45, 7) is 2.09. The summed E-state index contributed by atoms with van der Waals surface area (Å²) >= 11 is 0. The van der Waals surface area contributed by atoms with Gasteiger partial charge in [0.15, 0.2) is 0 Å². The van der Waals surface area contributed by atoms with Gasteiger partial charge in [0, 0.05) is 0 Å². The van der Waals surface area contributed by atoms with Crippen LogP contribution in [-0.4, -0.2) is 43.5 Å². The van der Waals surface area contributed by atoms with Crippen molar-refractivity contribution in [2.45, 2.75) is 19.4 Å². The van der Waals surface area contributed by atoms with E-state index in [4.69, 9.17) is 4.74 Å². The molecule has 126 valence electrons. The average molecular weight is 325 g/mol. The van der Waals surface area contributed by atoms with Crippen LogP contribution in [0.4, 0.5) is 11.4 Å². The largest absolute Gasteiger partial charge is 0.544 e. The van der Waals surface area contributed by atoms with Gasteiger partial charge >= 0.3 is 0 Å². The number of benzene rings is 1. The number of nitrogens with zero attached hydrogens (tertiary/aromatic N) is 1. The first kappa shape index (κ1) is 18.4. The van der Waals surface area contributed by atoms with Gasteiger partial charge in [0.05, 0.1) is 44.1 Å². The molecular weight excluding hydrogens is 306 g/mol. The summed E-state index contributed by atoms with van der Waals surface area (Å²) in [5.41, 5.74) is -0.346. The van der Waals surface area contributed by atoms with E-state index in [1.54, 1.807) is 21.0 Å². The second kappa shape index (κ2) is 8.08. The van der Waals surface area contributed by atoms with Crippen molar-refractivity contribution in [1.29, 1.82) is 0 Å². The van der Waals surface area contributed by atoms with Crippen LogP contribution in [0.2, 0.25) is 0 Å². The first-order chi connectivity index (χ1) is 10.8. The fourth-order valence-electron chi connectivity index (χ4n) is 1.93. The number of likely N-dealkylation sites (N-methyl/N-ethyl adjacent to an activating group) is 1. The van der Waals surface area contributed by atoms with Crippen LogP contribution >= 0.6 is 0 Å². The first-order valence-corrected chi connectivity index (χ1v) is 6.98. The lowest BCUT2D eigenvalue weighted by atomic mass is 10.1. The summed E-state index contributed by atoms with van der Waals surface area (Å²) in [5, 5.41) is 24.4. The summed E-state index contributed by atoms with van der Waals surface area (Å²) in [5.74, 6) is -1.70. The molecule has 0 aliphatic rings. The van der Waals surface area contributed by atoms with E-state index in [-0.39, 0.29) is 17.8 Å². The second-order valence-corrected chi connectivity index (χ2v) is 5.07. The fourth-order valence-corrected chi connectivity index (χ4v) is 1.93. The molecule has 1 rings (SSSR count). The molecule has 2 N–H and O–H groups in total. The number of carbonyl (C=O) groups excluding carboxylic acids is 2. The number of carboxylic acids is 1. The number of aliphatic carboxylic acids is 1. The quantitative estimate of drug-likeness (QED) is 0.446. The van der Waals surface area contributed by atoms with Crippen LogP contribution in [0.1, 0.15) is 13.3 Å². The van der Waals surface area contributed by atoms with Crippen molar-refractivity contribution in [2.75, 3.05) is 26.0 Å². The topological polar surface area (TPSA) is 126 Å². The molecule has 0 aliphatic carbocycles.